The number of carbonyl (C=O) groups is 1. The van der Waals surface area contributed by atoms with Crippen LogP contribution in [0.15, 0.2) is 24.4 Å². The largest absolute Gasteiger partial charge is 0.324 e. The first-order valence-electron chi connectivity index (χ1n) is 6.15. The number of hydrogen-bond donors (Lipinski definition) is 0. The normalized spacial score (nSPS) is 19.8. The minimum atomic E-state index is 0.0980. The number of nitrogens with zero attached hydrogens (tertiary/aromatic N) is 3. The summed E-state index contributed by atoms with van der Waals surface area (Å²) in [6, 6.07) is 5.88. The lowest BCUT2D eigenvalue weighted by Gasteiger charge is -2.24. The van der Waals surface area contributed by atoms with E-state index in [2.05, 4.69) is 24.0 Å². The summed E-state index contributed by atoms with van der Waals surface area (Å²) in [5.41, 5.74) is 0.984. The van der Waals surface area contributed by atoms with Gasteiger partial charge in [0.15, 0.2) is 0 Å². The van der Waals surface area contributed by atoms with Crippen LogP contribution in [0.4, 0.5) is 0 Å². The fourth-order valence-electron chi connectivity index (χ4n) is 2.02. The zero-order valence-electron chi connectivity index (χ0n) is 10.9. The van der Waals surface area contributed by atoms with Gasteiger partial charge < -0.3 is 9.80 Å². The number of aromatic nitrogens is 1. The lowest BCUT2D eigenvalue weighted by atomic mass is 10.3. The van der Waals surface area contributed by atoms with Gasteiger partial charge in [0.1, 0.15) is 5.37 Å². The molecule has 0 spiro atoms. The molecular formula is C13H19N3OS. The Hall–Kier alpha value is -1.07. The van der Waals surface area contributed by atoms with Crippen molar-refractivity contribution in [1.82, 2.24) is 14.8 Å². The second-order valence-electron chi connectivity index (χ2n) is 4.66. The molecule has 1 aromatic heterocycles. The molecule has 0 saturated carbocycles. The smallest absolute Gasteiger partial charge is 0.233 e. The molecule has 1 atom stereocenters. The van der Waals surface area contributed by atoms with E-state index >= 15 is 0 Å². The SMILES string of the molecule is CN(C)CCCN1C(=O)CSC1c1ccccn1. The fourth-order valence-corrected chi connectivity index (χ4v) is 3.20. The topological polar surface area (TPSA) is 36.4 Å². The lowest BCUT2D eigenvalue weighted by Crippen LogP contribution is -2.31. The van der Waals surface area contributed by atoms with Crippen molar-refractivity contribution in [3.63, 3.8) is 0 Å². The third-order valence-electron chi connectivity index (χ3n) is 2.91. The molecule has 1 aliphatic heterocycles. The highest BCUT2D eigenvalue weighted by molar-refractivity contribution is 8.00. The van der Waals surface area contributed by atoms with Gasteiger partial charge in [-0.05, 0) is 39.2 Å². The Labute approximate surface area is 112 Å². The zero-order chi connectivity index (χ0) is 13.0. The number of rotatable bonds is 5. The Morgan fingerprint density at radius 3 is 3.00 bits per heavy atom. The van der Waals surface area contributed by atoms with Crippen molar-refractivity contribution >= 4 is 17.7 Å². The number of thioether (sulfide) groups is 1. The molecule has 1 saturated heterocycles. The van der Waals surface area contributed by atoms with Crippen LogP contribution in [0, 0.1) is 0 Å². The molecule has 1 fully saturated rings. The number of carbonyl (C=O) groups excluding carboxylic acids is 1. The Bertz CT molecular complexity index is 396. The van der Waals surface area contributed by atoms with E-state index < -0.39 is 0 Å². The third kappa shape index (κ3) is 3.23. The highest BCUT2D eigenvalue weighted by atomic mass is 32.2. The van der Waals surface area contributed by atoms with Crippen LogP contribution in [0.1, 0.15) is 17.5 Å². The minimum absolute atomic E-state index is 0.0980. The highest BCUT2D eigenvalue weighted by Gasteiger charge is 2.32. The van der Waals surface area contributed by atoms with E-state index in [1.165, 1.54) is 0 Å². The van der Waals surface area contributed by atoms with Crippen LogP contribution in [0.25, 0.3) is 0 Å². The third-order valence-corrected chi connectivity index (χ3v) is 4.14. The summed E-state index contributed by atoms with van der Waals surface area (Å²) in [5.74, 6) is 0.804. The second kappa shape index (κ2) is 6.20. The van der Waals surface area contributed by atoms with Crippen molar-refractivity contribution in [1.29, 1.82) is 0 Å². The van der Waals surface area contributed by atoms with E-state index in [4.69, 9.17) is 0 Å². The molecule has 0 N–H and O–H groups in total. The first kappa shape index (κ1) is 13.4. The van der Waals surface area contributed by atoms with Crippen molar-refractivity contribution < 1.29 is 4.79 Å². The Morgan fingerprint density at radius 2 is 2.33 bits per heavy atom. The van der Waals surface area contributed by atoms with Crippen LogP contribution in [0.3, 0.4) is 0 Å². The van der Waals surface area contributed by atoms with Crippen molar-refractivity contribution in [3.05, 3.63) is 30.1 Å². The van der Waals surface area contributed by atoms with Gasteiger partial charge in [0, 0.05) is 12.7 Å². The predicted octanol–water partition coefficient (Wildman–Crippen LogP) is 1.61. The standard InChI is InChI=1S/C13H19N3OS/c1-15(2)8-5-9-16-12(17)10-18-13(16)11-6-3-4-7-14-11/h3-4,6-7,13H,5,8-10H2,1-2H3. The zero-order valence-corrected chi connectivity index (χ0v) is 11.7. The molecule has 0 aliphatic carbocycles. The molecule has 0 bridgehead atoms. The Balaban J connectivity index is 1.99. The van der Waals surface area contributed by atoms with Crippen molar-refractivity contribution in [2.24, 2.45) is 0 Å². The summed E-state index contributed by atoms with van der Waals surface area (Å²) in [5, 5.41) is 0.0980. The van der Waals surface area contributed by atoms with Crippen LogP contribution < -0.4 is 0 Å². The van der Waals surface area contributed by atoms with Crippen molar-refractivity contribution in [3.8, 4) is 0 Å². The van der Waals surface area contributed by atoms with Gasteiger partial charge in [-0.15, -0.1) is 11.8 Å². The Morgan fingerprint density at radius 1 is 1.50 bits per heavy atom. The number of amides is 1. The average molecular weight is 265 g/mol. The van der Waals surface area contributed by atoms with Gasteiger partial charge in [0.25, 0.3) is 0 Å². The summed E-state index contributed by atoms with van der Waals surface area (Å²) in [7, 11) is 4.10. The molecule has 5 heteroatoms. The van der Waals surface area contributed by atoms with Crippen molar-refractivity contribution in [2.75, 3.05) is 32.9 Å². The maximum Gasteiger partial charge on any atom is 0.233 e. The quantitative estimate of drug-likeness (QED) is 0.810. The van der Waals surface area contributed by atoms with E-state index in [-0.39, 0.29) is 11.3 Å². The molecule has 1 aromatic rings. The van der Waals surface area contributed by atoms with Gasteiger partial charge in [-0.25, -0.2) is 0 Å². The van der Waals surface area contributed by atoms with E-state index in [9.17, 15) is 4.79 Å². The van der Waals surface area contributed by atoms with Gasteiger partial charge in [-0.1, -0.05) is 6.07 Å². The fraction of sp³-hybridized carbons (Fsp3) is 0.538. The van der Waals surface area contributed by atoms with Gasteiger partial charge in [-0.2, -0.15) is 0 Å². The van der Waals surface area contributed by atoms with E-state index in [0.717, 1.165) is 25.2 Å². The number of pyridine rings is 1. The molecule has 2 rings (SSSR count). The molecule has 4 nitrogen and oxygen atoms in total. The van der Waals surface area contributed by atoms with Crippen molar-refractivity contribution in [2.45, 2.75) is 11.8 Å². The molecule has 1 unspecified atom stereocenters. The van der Waals surface area contributed by atoms with Crippen LogP contribution in [0.2, 0.25) is 0 Å². The van der Waals surface area contributed by atoms with E-state index in [1.807, 2.05) is 23.1 Å². The first-order valence-corrected chi connectivity index (χ1v) is 7.20. The molecule has 18 heavy (non-hydrogen) atoms. The summed E-state index contributed by atoms with van der Waals surface area (Å²) >= 11 is 1.67. The van der Waals surface area contributed by atoms with Gasteiger partial charge >= 0.3 is 0 Å². The monoisotopic (exact) mass is 265 g/mol. The molecular weight excluding hydrogens is 246 g/mol. The van der Waals surface area contributed by atoms with Gasteiger partial charge in [-0.3, -0.25) is 9.78 Å². The van der Waals surface area contributed by atoms with Gasteiger partial charge in [0.05, 0.1) is 11.4 Å². The van der Waals surface area contributed by atoms with Gasteiger partial charge in [0.2, 0.25) is 5.91 Å². The summed E-state index contributed by atoms with van der Waals surface area (Å²) in [6.07, 6.45) is 2.79. The van der Waals surface area contributed by atoms with Crippen LogP contribution in [-0.2, 0) is 4.79 Å². The van der Waals surface area contributed by atoms with E-state index in [1.54, 1.807) is 18.0 Å². The minimum Gasteiger partial charge on any atom is -0.324 e. The predicted molar refractivity (Wildman–Crippen MR) is 74.3 cm³/mol. The molecule has 2 heterocycles. The molecule has 98 valence electrons. The maximum atomic E-state index is 11.9. The Kier molecular flexibility index (Phi) is 4.60. The number of hydrogen-bond acceptors (Lipinski definition) is 4. The van der Waals surface area contributed by atoms with E-state index in [0.29, 0.717) is 5.75 Å². The average Bonchev–Trinajstić information content (AvgIpc) is 2.72. The second-order valence-corrected chi connectivity index (χ2v) is 5.73. The summed E-state index contributed by atoms with van der Waals surface area (Å²) in [6.45, 7) is 1.81. The maximum absolute atomic E-state index is 11.9. The van der Waals surface area contributed by atoms with Crippen LogP contribution in [-0.4, -0.2) is 53.6 Å². The molecule has 0 radical (unpaired) electrons. The molecule has 0 aromatic carbocycles. The highest BCUT2D eigenvalue weighted by Crippen LogP contribution is 2.37. The molecule has 1 amide bonds. The van der Waals surface area contributed by atoms with Crippen LogP contribution in [0.5, 0.6) is 0 Å². The lowest BCUT2D eigenvalue weighted by molar-refractivity contribution is -0.128. The van der Waals surface area contributed by atoms with Crippen LogP contribution >= 0.6 is 11.8 Å². The molecule has 1 aliphatic rings. The summed E-state index contributed by atoms with van der Waals surface area (Å²) in [4.78, 5) is 20.4. The first-order chi connectivity index (χ1) is 8.68. The summed E-state index contributed by atoms with van der Waals surface area (Å²) < 4.78 is 0.